The van der Waals surface area contributed by atoms with Gasteiger partial charge in [0.15, 0.2) is 12.1 Å². The van der Waals surface area contributed by atoms with Crippen LogP contribution in [-0.2, 0) is 0 Å². The second-order valence-electron chi connectivity index (χ2n) is 5.11. The molecule has 0 bridgehead atoms. The molecule has 0 aromatic carbocycles. The van der Waals surface area contributed by atoms with Crippen molar-refractivity contribution in [3.05, 3.63) is 35.6 Å². The first-order valence-corrected chi connectivity index (χ1v) is 6.78. The first kappa shape index (κ1) is 14.3. The summed E-state index contributed by atoms with van der Waals surface area (Å²) in [5.41, 5.74) is 1.32. The van der Waals surface area contributed by atoms with Gasteiger partial charge in [-0.05, 0) is 13.3 Å². The Hall–Kier alpha value is -2.11. The number of oxazole rings is 1. The second kappa shape index (κ2) is 5.90. The van der Waals surface area contributed by atoms with Gasteiger partial charge in [0.25, 0.3) is 5.91 Å². The maximum atomic E-state index is 12.3. The van der Waals surface area contributed by atoms with E-state index < -0.39 is 0 Å². The van der Waals surface area contributed by atoms with E-state index in [0.29, 0.717) is 11.5 Å². The number of aromatic nitrogens is 3. The van der Waals surface area contributed by atoms with Crippen LogP contribution in [0.4, 0.5) is 0 Å². The molecule has 0 saturated carbocycles. The third-order valence-electron chi connectivity index (χ3n) is 3.10. The number of carbonyl (C=O) groups is 1. The number of H-pyrrole nitrogens is 1. The Morgan fingerprint density at radius 3 is 2.75 bits per heavy atom. The van der Waals surface area contributed by atoms with Crippen molar-refractivity contribution >= 4 is 5.91 Å². The second-order valence-corrected chi connectivity index (χ2v) is 5.11. The zero-order chi connectivity index (χ0) is 14.7. The van der Waals surface area contributed by atoms with E-state index in [1.54, 1.807) is 6.20 Å². The van der Waals surface area contributed by atoms with E-state index in [1.165, 1.54) is 6.39 Å². The highest BCUT2D eigenvalue weighted by atomic mass is 16.3. The van der Waals surface area contributed by atoms with Crippen molar-refractivity contribution in [2.24, 2.45) is 0 Å². The number of amides is 1. The zero-order valence-corrected chi connectivity index (χ0v) is 12.2. The summed E-state index contributed by atoms with van der Waals surface area (Å²) in [5.74, 6) is 1.24. The number of aryl methyl sites for hydroxylation is 1. The smallest absolute Gasteiger partial charge is 0.274 e. The highest BCUT2D eigenvalue weighted by molar-refractivity contribution is 5.93. The van der Waals surface area contributed by atoms with E-state index >= 15 is 0 Å². The molecule has 1 atom stereocenters. The lowest BCUT2D eigenvalue weighted by Crippen LogP contribution is -2.30. The van der Waals surface area contributed by atoms with Gasteiger partial charge >= 0.3 is 0 Å². The third-order valence-corrected chi connectivity index (χ3v) is 3.10. The van der Waals surface area contributed by atoms with Crippen LogP contribution in [0.3, 0.4) is 0 Å². The van der Waals surface area contributed by atoms with Crippen LogP contribution in [0, 0.1) is 6.92 Å². The van der Waals surface area contributed by atoms with E-state index in [0.717, 1.165) is 17.9 Å². The average molecular weight is 276 g/mol. The lowest BCUT2D eigenvalue weighted by Gasteiger charge is -2.14. The standard InChI is InChI=1S/C14H20N4O2/c1-5-10(13-15-6-9(4)17-13)18-14(19)11-12(8(2)3)20-7-16-11/h6-8,10H,5H2,1-4H3,(H,15,17)(H,18,19)/t10-/m1/s1. The summed E-state index contributed by atoms with van der Waals surface area (Å²) in [4.78, 5) is 23.7. The van der Waals surface area contributed by atoms with Crippen LogP contribution in [0.25, 0.3) is 0 Å². The zero-order valence-electron chi connectivity index (χ0n) is 12.2. The van der Waals surface area contributed by atoms with Gasteiger partial charge < -0.3 is 14.7 Å². The summed E-state index contributed by atoms with van der Waals surface area (Å²) in [7, 11) is 0. The van der Waals surface area contributed by atoms with Crippen LogP contribution in [0.5, 0.6) is 0 Å². The molecule has 0 aliphatic heterocycles. The van der Waals surface area contributed by atoms with Crippen LogP contribution in [0.15, 0.2) is 17.0 Å². The number of aromatic amines is 1. The van der Waals surface area contributed by atoms with Gasteiger partial charge in [0.2, 0.25) is 0 Å². The summed E-state index contributed by atoms with van der Waals surface area (Å²) < 4.78 is 5.28. The Labute approximate surface area is 118 Å². The van der Waals surface area contributed by atoms with Gasteiger partial charge in [0.1, 0.15) is 11.6 Å². The van der Waals surface area contributed by atoms with Crippen molar-refractivity contribution in [2.75, 3.05) is 0 Å². The van der Waals surface area contributed by atoms with Crippen LogP contribution < -0.4 is 5.32 Å². The number of nitrogens with one attached hydrogen (secondary N) is 2. The van der Waals surface area contributed by atoms with Gasteiger partial charge in [-0.2, -0.15) is 0 Å². The van der Waals surface area contributed by atoms with Gasteiger partial charge in [0.05, 0.1) is 6.04 Å². The Bertz CT molecular complexity index is 586. The number of rotatable bonds is 5. The minimum Gasteiger partial charge on any atom is -0.447 e. The lowest BCUT2D eigenvalue weighted by atomic mass is 10.1. The number of imidazole rings is 1. The molecule has 0 saturated heterocycles. The minimum absolute atomic E-state index is 0.115. The molecule has 0 spiro atoms. The molecule has 2 heterocycles. The number of hydrogen-bond acceptors (Lipinski definition) is 4. The van der Waals surface area contributed by atoms with Crippen LogP contribution in [0.1, 0.15) is 66.9 Å². The monoisotopic (exact) mass is 276 g/mol. The molecule has 1 amide bonds. The highest BCUT2D eigenvalue weighted by Gasteiger charge is 2.22. The van der Waals surface area contributed by atoms with E-state index in [-0.39, 0.29) is 17.9 Å². The van der Waals surface area contributed by atoms with Crippen molar-refractivity contribution in [3.63, 3.8) is 0 Å². The molecule has 2 N–H and O–H groups in total. The lowest BCUT2D eigenvalue weighted by molar-refractivity contribution is 0.0927. The Morgan fingerprint density at radius 1 is 1.45 bits per heavy atom. The molecule has 0 radical (unpaired) electrons. The Morgan fingerprint density at radius 2 is 2.20 bits per heavy atom. The fourth-order valence-electron chi connectivity index (χ4n) is 2.04. The molecule has 6 nitrogen and oxygen atoms in total. The van der Waals surface area contributed by atoms with E-state index in [9.17, 15) is 4.79 Å². The third kappa shape index (κ3) is 2.89. The summed E-state index contributed by atoms with van der Waals surface area (Å²) in [6.45, 7) is 7.85. The molecule has 0 aliphatic carbocycles. The Kier molecular flexibility index (Phi) is 4.22. The minimum atomic E-state index is -0.233. The van der Waals surface area contributed by atoms with Gasteiger partial charge in [-0.25, -0.2) is 9.97 Å². The number of hydrogen-bond donors (Lipinski definition) is 2. The maximum absolute atomic E-state index is 12.3. The molecule has 0 aliphatic rings. The fourth-order valence-corrected chi connectivity index (χ4v) is 2.04. The van der Waals surface area contributed by atoms with Crippen LogP contribution >= 0.6 is 0 Å². The van der Waals surface area contributed by atoms with Crippen LogP contribution in [-0.4, -0.2) is 20.9 Å². The van der Waals surface area contributed by atoms with Crippen LogP contribution in [0.2, 0.25) is 0 Å². The first-order valence-electron chi connectivity index (χ1n) is 6.78. The predicted octanol–water partition coefficient (Wildman–Crippen LogP) is 2.71. The van der Waals surface area contributed by atoms with Gasteiger partial charge in [-0.3, -0.25) is 4.79 Å². The maximum Gasteiger partial charge on any atom is 0.274 e. The Balaban J connectivity index is 2.15. The molecular formula is C14H20N4O2. The molecule has 0 fully saturated rings. The van der Waals surface area contributed by atoms with Gasteiger partial charge in [-0.15, -0.1) is 0 Å². The summed E-state index contributed by atoms with van der Waals surface area (Å²) in [6.07, 6.45) is 3.80. The average Bonchev–Trinajstić information content (AvgIpc) is 3.04. The van der Waals surface area contributed by atoms with Crippen molar-refractivity contribution in [1.29, 1.82) is 0 Å². The molecule has 108 valence electrons. The fraction of sp³-hybridized carbons (Fsp3) is 0.500. The van der Waals surface area contributed by atoms with Crippen molar-refractivity contribution in [1.82, 2.24) is 20.3 Å². The molecule has 20 heavy (non-hydrogen) atoms. The molecule has 0 unspecified atom stereocenters. The van der Waals surface area contributed by atoms with Gasteiger partial charge in [0, 0.05) is 17.8 Å². The van der Waals surface area contributed by atoms with Gasteiger partial charge in [-0.1, -0.05) is 20.8 Å². The molecule has 2 aromatic heterocycles. The molecule has 6 heteroatoms. The topological polar surface area (TPSA) is 83.8 Å². The van der Waals surface area contributed by atoms with Crippen molar-refractivity contribution < 1.29 is 9.21 Å². The first-order chi connectivity index (χ1) is 9.52. The highest BCUT2D eigenvalue weighted by Crippen LogP contribution is 2.20. The predicted molar refractivity (Wildman–Crippen MR) is 74.4 cm³/mol. The normalized spacial score (nSPS) is 12.7. The van der Waals surface area contributed by atoms with E-state index in [4.69, 9.17) is 4.42 Å². The largest absolute Gasteiger partial charge is 0.447 e. The number of nitrogens with zero attached hydrogens (tertiary/aromatic N) is 2. The summed E-state index contributed by atoms with van der Waals surface area (Å²) >= 11 is 0. The molecule has 2 rings (SSSR count). The quantitative estimate of drug-likeness (QED) is 0.879. The van der Waals surface area contributed by atoms with E-state index in [2.05, 4.69) is 20.3 Å². The molecule has 2 aromatic rings. The molecular weight excluding hydrogens is 256 g/mol. The summed E-state index contributed by atoms with van der Waals surface area (Å²) in [5, 5.41) is 2.94. The number of carbonyl (C=O) groups excluding carboxylic acids is 1. The van der Waals surface area contributed by atoms with Crippen molar-refractivity contribution in [3.8, 4) is 0 Å². The van der Waals surface area contributed by atoms with E-state index in [1.807, 2.05) is 27.7 Å². The van der Waals surface area contributed by atoms with Crippen molar-refractivity contribution in [2.45, 2.75) is 46.1 Å². The SMILES string of the molecule is CC[C@@H](NC(=O)c1ncoc1C(C)C)c1ncc(C)[nH]1. The summed E-state index contributed by atoms with van der Waals surface area (Å²) in [6, 6.07) is -0.159.